The monoisotopic (exact) mass is 742 g/mol. The Morgan fingerprint density at radius 1 is 0.849 bits per heavy atom. The number of allylic oxidation sites excluding steroid dienone is 2. The summed E-state index contributed by atoms with van der Waals surface area (Å²) < 4.78 is 42.1. The third-order valence-electron chi connectivity index (χ3n) is 7.68. The van der Waals surface area contributed by atoms with Gasteiger partial charge in [0.15, 0.2) is 12.7 Å². The molecule has 0 bridgehead atoms. The number of benzene rings is 2. The van der Waals surface area contributed by atoms with Crippen LogP contribution < -0.4 is 14.2 Å². The maximum absolute atomic E-state index is 12.7. The Morgan fingerprint density at radius 3 is 2.09 bits per heavy atom. The molecule has 0 unspecified atom stereocenters. The number of ether oxygens (including phenoxy) is 8. The van der Waals surface area contributed by atoms with Gasteiger partial charge in [0.25, 0.3) is 0 Å². The van der Waals surface area contributed by atoms with E-state index in [9.17, 15) is 33.6 Å². The summed E-state index contributed by atoms with van der Waals surface area (Å²) in [4.78, 5) is 83.1. The number of cyclic esters (lactones) is 1. The van der Waals surface area contributed by atoms with Crippen molar-refractivity contribution < 1.29 is 76.6 Å². The van der Waals surface area contributed by atoms with Crippen LogP contribution in [-0.4, -0.2) is 79.9 Å². The largest absolute Gasteiger partial charge is 0.496 e. The molecule has 0 amide bonds. The molecule has 0 spiro atoms. The number of carboxylic acids is 1. The van der Waals surface area contributed by atoms with Crippen molar-refractivity contribution in [3.8, 4) is 17.2 Å². The van der Waals surface area contributed by atoms with Crippen molar-refractivity contribution in [1.82, 2.24) is 0 Å². The number of hydrogen-bond acceptors (Lipinski definition) is 15. The number of aliphatic carboxylic acids is 1. The van der Waals surface area contributed by atoms with Crippen LogP contribution in [0.4, 0.5) is 0 Å². The highest BCUT2D eigenvalue weighted by Crippen LogP contribution is 2.43. The van der Waals surface area contributed by atoms with Crippen LogP contribution in [0.5, 0.6) is 17.2 Å². The lowest BCUT2D eigenvalue weighted by Crippen LogP contribution is -2.30. The van der Waals surface area contributed by atoms with Gasteiger partial charge in [-0.15, -0.1) is 0 Å². The molecule has 0 atom stereocenters. The maximum Gasteiger partial charge on any atom is 0.344 e. The van der Waals surface area contributed by atoms with Crippen LogP contribution in [0.1, 0.15) is 79.1 Å². The molecule has 0 fully saturated rings. The zero-order valence-electron chi connectivity index (χ0n) is 30.1. The SMILES string of the molecule is COc1c(C)c2c(c(OCC(=O)OCc3ccc(OC(=O)CCC(=O)OC(COC(C)=O)COC(C)=O)cc3)c1C/C=C(\C)CCC(=O)O)C(=O)OC2. The van der Waals surface area contributed by atoms with Gasteiger partial charge in [0, 0.05) is 31.4 Å². The fraction of sp³-hybridized carbons (Fsp3) is 0.432. The van der Waals surface area contributed by atoms with Crippen molar-refractivity contribution >= 4 is 41.8 Å². The highest BCUT2D eigenvalue weighted by atomic mass is 16.6. The molecule has 2 aromatic carbocycles. The number of carbonyl (C=O) groups is 7. The summed E-state index contributed by atoms with van der Waals surface area (Å²) in [5, 5.41) is 9.01. The third kappa shape index (κ3) is 13.3. The lowest BCUT2D eigenvalue weighted by molar-refractivity contribution is -0.165. The van der Waals surface area contributed by atoms with Gasteiger partial charge in [-0.3, -0.25) is 24.0 Å². The first-order chi connectivity index (χ1) is 25.2. The summed E-state index contributed by atoms with van der Waals surface area (Å²) in [6.45, 7) is 4.57. The summed E-state index contributed by atoms with van der Waals surface area (Å²) in [5.74, 6) is -4.30. The van der Waals surface area contributed by atoms with Gasteiger partial charge >= 0.3 is 41.8 Å². The van der Waals surface area contributed by atoms with E-state index >= 15 is 0 Å². The average Bonchev–Trinajstić information content (AvgIpc) is 3.50. The molecule has 0 aromatic heterocycles. The van der Waals surface area contributed by atoms with Gasteiger partial charge in [-0.25, -0.2) is 9.59 Å². The second-order valence-electron chi connectivity index (χ2n) is 11.8. The second kappa shape index (κ2) is 20.2. The number of hydrogen-bond donors (Lipinski definition) is 1. The third-order valence-corrected chi connectivity index (χ3v) is 7.68. The summed E-state index contributed by atoms with van der Waals surface area (Å²) in [7, 11) is 1.47. The van der Waals surface area contributed by atoms with E-state index in [2.05, 4.69) is 0 Å². The molecule has 16 heteroatoms. The summed E-state index contributed by atoms with van der Waals surface area (Å²) in [6.07, 6.45) is 0.607. The summed E-state index contributed by atoms with van der Waals surface area (Å²) in [5.41, 5.74) is 3.31. The number of carbonyl (C=O) groups excluding carboxylic acids is 6. The molecule has 0 aliphatic carbocycles. The zero-order valence-corrected chi connectivity index (χ0v) is 30.1. The highest BCUT2D eigenvalue weighted by molar-refractivity contribution is 5.98. The van der Waals surface area contributed by atoms with Crippen molar-refractivity contribution in [2.45, 2.75) is 79.1 Å². The van der Waals surface area contributed by atoms with Crippen LogP contribution in [0.3, 0.4) is 0 Å². The molecule has 1 N–H and O–H groups in total. The normalized spacial score (nSPS) is 12.0. The molecular weight excluding hydrogens is 700 g/mol. The topological polar surface area (TPSA) is 214 Å². The molecule has 2 aromatic rings. The van der Waals surface area contributed by atoms with Crippen molar-refractivity contribution in [2.24, 2.45) is 0 Å². The van der Waals surface area contributed by atoms with E-state index in [0.29, 0.717) is 34.4 Å². The van der Waals surface area contributed by atoms with Crippen molar-refractivity contribution in [3.63, 3.8) is 0 Å². The molecule has 3 rings (SSSR count). The minimum atomic E-state index is -1.04. The van der Waals surface area contributed by atoms with Crippen molar-refractivity contribution in [1.29, 1.82) is 0 Å². The molecule has 53 heavy (non-hydrogen) atoms. The molecule has 0 saturated heterocycles. The van der Waals surface area contributed by atoms with Crippen LogP contribution in [0.25, 0.3) is 0 Å². The van der Waals surface area contributed by atoms with E-state index in [1.165, 1.54) is 33.1 Å². The Hall–Kier alpha value is -5.93. The molecule has 16 nitrogen and oxygen atoms in total. The van der Waals surface area contributed by atoms with Gasteiger partial charge in [-0.2, -0.15) is 0 Å². The molecular formula is C37H42O16. The quantitative estimate of drug-likeness (QED) is 0.0882. The highest BCUT2D eigenvalue weighted by Gasteiger charge is 2.33. The first kappa shape index (κ1) is 41.5. The molecule has 0 saturated carbocycles. The van der Waals surface area contributed by atoms with Crippen LogP contribution >= 0.6 is 0 Å². The Balaban J connectivity index is 1.55. The van der Waals surface area contributed by atoms with Gasteiger partial charge < -0.3 is 43.0 Å². The Bertz CT molecular complexity index is 1710. The Kier molecular flexibility index (Phi) is 15.8. The smallest absolute Gasteiger partial charge is 0.344 e. The second-order valence-corrected chi connectivity index (χ2v) is 11.8. The van der Waals surface area contributed by atoms with Crippen molar-refractivity contribution in [2.75, 3.05) is 26.9 Å². The van der Waals surface area contributed by atoms with E-state index in [4.69, 9.17) is 43.0 Å². The number of carboxylic acid groups (broad SMARTS) is 1. The van der Waals surface area contributed by atoms with E-state index in [1.54, 1.807) is 26.0 Å². The standard InChI is InChI=1S/C37H42O16/c1-21(7-13-30(40)41)6-12-28-35(46-5)22(2)29-19-51-37(45)34(29)36(28)50-20-33(44)49-16-25-8-10-26(11-9-25)52-31(42)14-15-32(43)53-27(17-47-23(3)38)18-48-24(4)39/h6,8-11,27H,7,12-20H2,1-5H3,(H,40,41)/b21-6+. The number of fused-ring (bicyclic) bond motifs is 1. The van der Waals surface area contributed by atoms with Gasteiger partial charge in [-0.05, 0) is 49.9 Å². The lowest BCUT2D eigenvalue weighted by atomic mass is 9.94. The van der Waals surface area contributed by atoms with Crippen LogP contribution in [0.15, 0.2) is 35.9 Å². The first-order valence-electron chi connectivity index (χ1n) is 16.5. The number of rotatable bonds is 20. The number of esters is 6. The predicted octanol–water partition coefficient (Wildman–Crippen LogP) is 3.87. The number of methoxy groups -OCH3 is 1. The van der Waals surface area contributed by atoms with Crippen LogP contribution in [0.2, 0.25) is 0 Å². The first-order valence-corrected chi connectivity index (χ1v) is 16.5. The van der Waals surface area contributed by atoms with Gasteiger partial charge in [-0.1, -0.05) is 23.8 Å². The fourth-order valence-corrected chi connectivity index (χ4v) is 5.01. The van der Waals surface area contributed by atoms with E-state index < -0.39 is 54.5 Å². The molecule has 1 aliphatic heterocycles. The molecule has 1 heterocycles. The minimum absolute atomic E-state index is 0.0151. The van der Waals surface area contributed by atoms with Gasteiger partial charge in [0.1, 0.15) is 49.2 Å². The molecule has 1 aliphatic rings. The molecule has 0 radical (unpaired) electrons. The van der Waals surface area contributed by atoms with E-state index in [1.807, 2.05) is 6.08 Å². The predicted molar refractivity (Wildman–Crippen MR) is 181 cm³/mol. The Labute approximate surface area is 305 Å². The average molecular weight is 743 g/mol. The van der Waals surface area contributed by atoms with Crippen LogP contribution in [0, 0.1) is 6.92 Å². The Morgan fingerprint density at radius 2 is 1.49 bits per heavy atom. The van der Waals surface area contributed by atoms with Crippen LogP contribution in [-0.2, 0) is 72.1 Å². The van der Waals surface area contributed by atoms with E-state index in [0.717, 1.165) is 5.57 Å². The lowest BCUT2D eigenvalue weighted by Gasteiger charge is -2.19. The molecule has 286 valence electrons. The van der Waals surface area contributed by atoms with Gasteiger partial charge in [0.05, 0.1) is 20.0 Å². The minimum Gasteiger partial charge on any atom is -0.496 e. The van der Waals surface area contributed by atoms with Crippen molar-refractivity contribution in [3.05, 3.63) is 63.7 Å². The summed E-state index contributed by atoms with van der Waals surface area (Å²) in [6, 6.07) is 6.06. The zero-order chi connectivity index (χ0) is 39.1. The van der Waals surface area contributed by atoms with E-state index in [-0.39, 0.29) is 69.2 Å². The fourth-order valence-electron chi connectivity index (χ4n) is 5.01. The van der Waals surface area contributed by atoms with Gasteiger partial charge in [0.2, 0.25) is 0 Å². The maximum atomic E-state index is 12.7. The summed E-state index contributed by atoms with van der Waals surface area (Å²) >= 11 is 0.